The number of aromatic nitrogens is 1. The van der Waals surface area contributed by atoms with Gasteiger partial charge in [-0.1, -0.05) is 6.07 Å². The van der Waals surface area contributed by atoms with Crippen LogP contribution in [-0.4, -0.2) is 23.9 Å². The number of Topliss-reactive ketones (excluding diaryl/α,β-unsaturated/α-hetero) is 1. The fourth-order valence-corrected chi connectivity index (χ4v) is 1.76. The molecule has 0 radical (unpaired) electrons. The van der Waals surface area contributed by atoms with Gasteiger partial charge in [-0.15, -0.1) is 0 Å². The van der Waals surface area contributed by atoms with Gasteiger partial charge in [-0.3, -0.25) is 9.78 Å². The van der Waals surface area contributed by atoms with E-state index in [1.54, 1.807) is 7.05 Å². The number of benzene rings is 1. The van der Waals surface area contributed by atoms with Crippen molar-refractivity contribution in [3.63, 3.8) is 0 Å². The summed E-state index contributed by atoms with van der Waals surface area (Å²) in [6.45, 7) is 3.82. The van der Waals surface area contributed by atoms with Crippen LogP contribution in [0.1, 0.15) is 23.0 Å². The summed E-state index contributed by atoms with van der Waals surface area (Å²) in [6.07, 6.45) is 0. The molecule has 0 saturated heterocycles. The Balaban J connectivity index is 2.45. The Morgan fingerprint density at radius 2 is 2.06 bits per heavy atom. The van der Waals surface area contributed by atoms with E-state index in [1.165, 1.54) is 0 Å². The molecule has 0 aliphatic carbocycles. The number of ketones is 1. The molecule has 1 unspecified atom stereocenters. The zero-order valence-corrected chi connectivity index (χ0v) is 10.3. The lowest BCUT2D eigenvalue weighted by Crippen LogP contribution is -2.30. The Morgan fingerprint density at radius 3 is 2.76 bits per heavy atom. The second kappa shape index (κ2) is 4.63. The lowest BCUT2D eigenvalue weighted by molar-refractivity contribution is 0.0955. The lowest BCUT2D eigenvalue weighted by atomic mass is 10.0. The number of nitrogens with one attached hydrogen (secondary N) is 1. The van der Waals surface area contributed by atoms with Crippen molar-refractivity contribution in [2.45, 2.75) is 19.9 Å². The first-order chi connectivity index (χ1) is 8.11. The van der Waals surface area contributed by atoms with E-state index in [1.807, 2.05) is 44.2 Å². The van der Waals surface area contributed by atoms with Crippen LogP contribution in [0, 0.1) is 6.92 Å². The van der Waals surface area contributed by atoms with Crippen LogP contribution < -0.4 is 5.32 Å². The number of likely N-dealkylation sites (N-methyl/N-ethyl adjacent to an activating group) is 1. The summed E-state index contributed by atoms with van der Waals surface area (Å²) >= 11 is 0. The van der Waals surface area contributed by atoms with Gasteiger partial charge in [0.15, 0.2) is 5.78 Å². The minimum atomic E-state index is -0.161. The predicted octanol–water partition coefficient (Wildman–Crippen LogP) is 2.33. The summed E-state index contributed by atoms with van der Waals surface area (Å²) in [6, 6.07) is 9.43. The molecule has 3 heteroatoms. The fraction of sp³-hybridized carbons (Fsp3) is 0.286. The van der Waals surface area contributed by atoms with Crippen molar-refractivity contribution in [3.05, 3.63) is 41.6 Å². The van der Waals surface area contributed by atoms with Gasteiger partial charge in [-0.2, -0.15) is 0 Å². The zero-order valence-electron chi connectivity index (χ0n) is 10.3. The monoisotopic (exact) mass is 228 g/mol. The smallest absolute Gasteiger partial charge is 0.179 e. The first kappa shape index (κ1) is 11.7. The van der Waals surface area contributed by atoms with E-state index in [-0.39, 0.29) is 11.8 Å². The van der Waals surface area contributed by atoms with E-state index in [0.717, 1.165) is 22.2 Å². The van der Waals surface area contributed by atoms with Gasteiger partial charge in [0.25, 0.3) is 0 Å². The van der Waals surface area contributed by atoms with Gasteiger partial charge in [0, 0.05) is 16.6 Å². The second-order valence-corrected chi connectivity index (χ2v) is 4.23. The molecule has 0 saturated carbocycles. The molecular weight excluding hydrogens is 212 g/mol. The van der Waals surface area contributed by atoms with Gasteiger partial charge >= 0.3 is 0 Å². The SMILES string of the molecule is CNC(C)C(=O)c1ccc2nc(C)ccc2c1. The second-order valence-electron chi connectivity index (χ2n) is 4.23. The Bertz CT molecular complexity index is 563. The van der Waals surface area contributed by atoms with Crippen molar-refractivity contribution < 1.29 is 4.79 Å². The molecule has 0 amide bonds. The maximum atomic E-state index is 12.0. The number of fused-ring (bicyclic) bond motifs is 1. The van der Waals surface area contributed by atoms with Crippen LogP contribution in [0.15, 0.2) is 30.3 Å². The largest absolute Gasteiger partial charge is 0.310 e. The van der Waals surface area contributed by atoms with Crippen LogP contribution in [-0.2, 0) is 0 Å². The number of carbonyl (C=O) groups is 1. The number of carbonyl (C=O) groups excluding carboxylic acids is 1. The molecule has 1 aromatic carbocycles. The summed E-state index contributed by atoms with van der Waals surface area (Å²) < 4.78 is 0. The molecule has 88 valence electrons. The summed E-state index contributed by atoms with van der Waals surface area (Å²) in [5.74, 6) is 0.106. The number of pyridine rings is 1. The first-order valence-corrected chi connectivity index (χ1v) is 5.70. The third-order valence-corrected chi connectivity index (χ3v) is 2.94. The van der Waals surface area contributed by atoms with Gasteiger partial charge < -0.3 is 5.32 Å². The average Bonchev–Trinajstić information content (AvgIpc) is 2.36. The Hall–Kier alpha value is -1.74. The van der Waals surface area contributed by atoms with Crippen LogP contribution >= 0.6 is 0 Å². The quantitative estimate of drug-likeness (QED) is 0.820. The molecule has 1 N–H and O–H groups in total. The summed E-state index contributed by atoms with van der Waals surface area (Å²) in [5.41, 5.74) is 2.64. The predicted molar refractivity (Wildman–Crippen MR) is 69.3 cm³/mol. The minimum absolute atomic E-state index is 0.106. The van der Waals surface area contributed by atoms with Crippen LogP contribution in [0.3, 0.4) is 0 Å². The van der Waals surface area contributed by atoms with Gasteiger partial charge in [-0.05, 0) is 45.2 Å². The lowest BCUT2D eigenvalue weighted by Gasteiger charge is -2.09. The number of rotatable bonds is 3. The highest BCUT2D eigenvalue weighted by atomic mass is 16.1. The number of hydrogen-bond donors (Lipinski definition) is 1. The average molecular weight is 228 g/mol. The standard InChI is InChI=1S/C14H16N2O/c1-9-4-5-11-8-12(6-7-13(11)16-9)14(17)10(2)15-3/h4-8,10,15H,1-3H3. The van der Waals surface area contributed by atoms with Crippen molar-refractivity contribution in [3.8, 4) is 0 Å². The molecule has 0 aliphatic heterocycles. The third kappa shape index (κ3) is 2.34. The topological polar surface area (TPSA) is 42.0 Å². The number of hydrogen-bond acceptors (Lipinski definition) is 3. The van der Waals surface area contributed by atoms with Crippen LogP contribution in [0.25, 0.3) is 10.9 Å². The minimum Gasteiger partial charge on any atom is -0.310 e. The van der Waals surface area contributed by atoms with Crippen LogP contribution in [0.2, 0.25) is 0 Å². The van der Waals surface area contributed by atoms with Crippen molar-refractivity contribution in [2.24, 2.45) is 0 Å². The summed E-state index contributed by atoms with van der Waals surface area (Å²) in [7, 11) is 1.79. The molecular formula is C14H16N2O. The van der Waals surface area contributed by atoms with Crippen molar-refractivity contribution in [1.29, 1.82) is 0 Å². The van der Waals surface area contributed by atoms with Gasteiger partial charge in [0.2, 0.25) is 0 Å². The molecule has 17 heavy (non-hydrogen) atoms. The van der Waals surface area contributed by atoms with Crippen LogP contribution in [0.4, 0.5) is 0 Å². The molecule has 0 bridgehead atoms. The van der Waals surface area contributed by atoms with E-state index >= 15 is 0 Å². The van der Waals surface area contributed by atoms with Crippen molar-refractivity contribution >= 4 is 16.7 Å². The molecule has 1 atom stereocenters. The summed E-state index contributed by atoms with van der Waals surface area (Å²) in [4.78, 5) is 16.4. The highest BCUT2D eigenvalue weighted by Crippen LogP contribution is 2.15. The molecule has 0 aliphatic rings. The zero-order chi connectivity index (χ0) is 12.4. The molecule has 0 fully saturated rings. The maximum absolute atomic E-state index is 12.0. The molecule has 0 spiro atoms. The fourth-order valence-electron chi connectivity index (χ4n) is 1.76. The Kier molecular flexibility index (Phi) is 3.20. The maximum Gasteiger partial charge on any atom is 0.179 e. The van der Waals surface area contributed by atoms with E-state index in [9.17, 15) is 4.79 Å². The summed E-state index contributed by atoms with van der Waals surface area (Å²) in [5, 5.41) is 3.96. The molecule has 2 aromatic rings. The van der Waals surface area contributed by atoms with E-state index in [0.29, 0.717) is 0 Å². The molecule has 2 rings (SSSR count). The van der Waals surface area contributed by atoms with Gasteiger partial charge in [0.05, 0.1) is 11.6 Å². The third-order valence-electron chi connectivity index (χ3n) is 2.94. The molecule has 1 heterocycles. The number of aryl methyl sites for hydroxylation is 1. The van der Waals surface area contributed by atoms with Crippen molar-refractivity contribution in [2.75, 3.05) is 7.05 Å². The first-order valence-electron chi connectivity index (χ1n) is 5.70. The number of nitrogens with zero attached hydrogens (tertiary/aromatic N) is 1. The Morgan fingerprint density at radius 1 is 1.29 bits per heavy atom. The van der Waals surface area contributed by atoms with Crippen LogP contribution in [0.5, 0.6) is 0 Å². The highest BCUT2D eigenvalue weighted by molar-refractivity contribution is 6.02. The molecule has 3 nitrogen and oxygen atoms in total. The van der Waals surface area contributed by atoms with E-state index in [2.05, 4.69) is 10.3 Å². The van der Waals surface area contributed by atoms with E-state index in [4.69, 9.17) is 0 Å². The van der Waals surface area contributed by atoms with E-state index < -0.39 is 0 Å². The molecule has 1 aromatic heterocycles. The Labute approximate surface area is 101 Å². The highest BCUT2D eigenvalue weighted by Gasteiger charge is 2.13. The van der Waals surface area contributed by atoms with Crippen molar-refractivity contribution in [1.82, 2.24) is 10.3 Å². The normalized spacial score (nSPS) is 12.6. The van der Waals surface area contributed by atoms with Gasteiger partial charge in [-0.25, -0.2) is 0 Å². The van der Waals surface area contributed by atoms with Gasteiger partial charge in [0.1, 0.15) is 0 Å².